The average molecular weight is 281 g/mol. The molecule has 1 aliphatic heterocycles. The van der Waals surface area contributed by atoms with Gasteiger partial charge in [-0.25, -0.2) is 4.99 Å². The van der Waals surface area contributed by atoms with E-state index in [4.69, 9.17) is 18.9 Å². The van der Waals surface area contributed by atoms with E-state index in [1.807, 2.05) is 0 Å². The van der Waals surface area contributed by atoms with Crippen LogP contribution in [0.25, 0.3) is 0 Å². The van der Waals surface area contributed by atoms with Crippen LogP contribution in [0.2, 0.25) is 0 Å². The second-order valence-electron chi connectivity index (χ2n) is 4.17. The van der Waals surface area contributed by atoms with Crippen LogP contribution in [0, 0.1) is 0 Å². The lowest BCUT2D eigenvalue weighted by molar-refractivity contribution is 0.0544. The van der Waals surface area contributed by atoms with Crippen LogP contribution in [0.3, 0.4) is 0 Å². The minimum Gasteiger partial charge on any atom is -0.507 e. The Kier molecular flexibility index (Phi) is 5.64. The highest BCUT2D eigenvalue weighted by Gasteiger charge is 2.15. The SMILES string of the molecule is COCCOCCOc1ccc(O)c(C2=NCCO2)c1. The van der Waals surface area contributed by atoms with E-state index in [0.717, 1.165) is 0 Å². The van der Waals surface area contributed by atoms with Crippen molar-refractivity contribution < 1.29 is 24.1 Å². The standard InChI is InChI=1S/C14H19NO5/c1-17-6-7-18-8-9-19-11-2-3-13(16)12(10-11)14-15-4-5-20-14/h2-3,10,16H,4-9H2,1H3. The zero-order chi connectivity index (χ0) is 14.2. The maximum absolute atomic E-state index is 9.81. The highest BCUT2D eigenvalue weighted by Crippen LogP contribution is 2.25. The summed E-state index contributed by atoms with van der Waals surface area (Å²) >= 11 is 0. The zero-order valence-corrected chi connectivity index (χ0v) is 11.5. The number of benzene rings is 1. The van der Waals surface area contributed by atoms with Crippen molar-refractivity contribution in [3.05, 3.63) is 23.8 Å². The summed E-state index contributed by atoms with van der Waals surface area (Å²) in [5.41, 5.74) is 0.556. The summed E-state index contributed by atoms with van der Waals surface area (Å²) in [5, 5.41) is 9.81. The first-order valence-electron chi connectivity index (χ1n) is 6.51. The molecule has 1 N–H and O–H groups in total. The number of ether oxygens (including phenoxy) is 4. The normalized spacial score (nSPS) is 13.9. The molecule has 0 unspecified atom stereocenters. The summed E-state index contributed by atoms with van der Waals surface area (Å²) in [4.78, 5) is 4.18. The fraction of sp³-hybridized carbons (Fsp3) is 0.500. The van der Waals surface area contributed by atoms with E-state index >= 15 is 0 Å². The van der Waals surface area contributed by atoms with E-state index in [1.54, 1.807) is 25.3 Å². The quantitative estimate of drug-likeness (QED) is 0.725. The summed E-state index contributed by atoms with van der Waals surface area (Å²) in [6, 6.07) is 4.98. The van der Waals surface area contributed by atoms with E-state index in [0.29, 0.717) is 56.8 Å². The molecule has 110 valence electrons. The number of phenols is 1. The van der Waals surface area contributed by atoms with Crippen LogP contribution in [-0.4, -0.2) is 57.7 Å². The van der Waals surface area contributed by atoms with Gasteiger partial charge in [-0.1, -0.05) is 0 Å². The molecule has 1 heterocycles. The first-order valence-corrected chi connectivity index (χ1v) is 6.51. The third-order valence-electron chi connectivity index (χ3n) is 2.71. The number of rotatable bonds is 8. The minimum absolute atomic E-state index is 0.134. The third kappa shape index (κ3) is 4.11. The predicted molar refractivity (Wildman–Crippen MR) is 73.7 cm³/mol. The molecule has 0 aliphatic carbocycles. The number of hydrogen-bond acceptors (Lipinski definition) is 6. The number of nitrogens with zero attached hydrogens (tertiary/aromatic N) is 1. The molecule has 1 aromatic carbocycles. The smallest absolute Gasteiger partial charge is 0.220 e. The average Bonchev–Trinajstić information content (AvgIpc) is 2.98. The summed E-state index contributed by atoms with van der Waals surface area (Å²) < 4.78 is 21.1. The molecule has 0 bridgehead atoms. The van der Waals surface area contributed by atoms with Crippen molar-refractivity contribution in [1.29, 1.82) is 0 Å². The van der Waals surface area contributed by atoms with Crippen molar-refractivity contribution in [2.24, 2.45) is 4.99 Å². The number of aromatic hydroxyl groups is 1. The van der Waals surface area contributed by atoms with E-state index < -0.39 is 0 Å². The lowest BCUT2D eigenvalue weighted by Gasteiger charge is -2.10. The number of methoxy groups -OCH3 is 1. The van der Waals surface area contributed by atoms with E-state index in [-0.39, 0.29) is 5.75 Å². The summed E-state index contributed by atoms with van der Waals surface area (Å²) in [7, 11) is 1.63. The molecule has 0 saturated carbocycles. The van der Waals surface area contributed by atoms with Crippen LogP contribution in [0.15, 0.2) is 23.2 Å². The Balaban J connectivity index is 1.84. The second-order valence-corrected chi connectivity index (χ2v) is 4.17. The Hall–Kier alpha value is -1.79. The molecule has 0 amide bonds. The van der Waals surface area contributed by atoms with Gasteiger partial charge in [-0.15, -0.1) is 0 Å². The zero-order valence-electron chi connectivity index (χ0n) is 11.5. The van der Waals surface area contributed by atoms with Crippen molar-refractivity contribution in [3.63, 3.8) is 0 Å². The Morgan fingerprint density at radius 1 is 1.25 bits per heavy atom. The van der Waals surface area contributed by atoms with Gasteiger partial charge >= 0.3 is 0 Å². The number of aliphatic imine (C=N–C) groups is 1. The van der Waals surface area contributed by atoms with Gasteiger partial charge in [0.15, 0.2) is 0 Å². The molecule has 0 radical (unpaired) electrons. The molecule has 0 atom stereocenters. The van der Waals surface area contributed by atoms with Gasteiger partial charge in [0, 0.05) is 7.11 Å². The third-order valence-corrected chi connectivity index (χ3v) is 2.71. The fourth-order valence-corrected chi connectivity index (χ4v) is 1.74. The summed E-state index contributed by atoms with van der Waals surface area (Å²) in [6.45, 7) is 3.20. The van der Waals surface area contributed by atoms with Gasteiger partial charge in [0.1, 0.15) is 24.7 Å². The van der Waals surface area contributed by atoms with Crippen molar-refractivity contribution in [2.45, 2.75) is 0 Å². The van der Waals surface area contributed by atoms with Crippen LogP contribution >= 0.6 is 0 Å². The van der Waals surface area contributed by atoms with E-state index in [2.05, 4.69) is 4.99 Å². The minimum atomic E-state index is 0.134. The van der Waals surface area contributed by atoms with Crippen LogP contribution < -0.4 is 4.74 Å². The molecular weight excluding hydrogens is 262 g/mol. The molecule has 0 saturated heterocycles. The maximum atomic E-state index is 9.81. The van der Waals surface area contributed by atoms with Crippen molar-refractivity contribution in [3.8, 4) is 11.5 Å². The van der Waals surface area contributed by atoms with Crippen LogP contribution in [0.1, 0.15) is 5.56 Å². The molecule has 0 fully saturated rings. The van der Waals surface area contributed by atoms with Crippen molar-refractivity contribution in [2.75, 3.05) is 46.7 Å². The van der Waals surface area contributed by atoms with Gasteiger partial charge in [-0.3, -0.25) is 0 Å². The summed E-state index contributed by atoms with van der Waals surface area (Å²) in [5.74, 6) is 1.24. The van der Waals surface area contributed by atoms with Gasteiger partial charge in [0.25, 0.3) is 0 Å². The molecule has 0 aromatic heterocycles. The molecule has 6 heteroatoms. The predicted octanol–water partition coefficient (Wildman–Crippen LogP) is 1.21. The van der Waals surface area contributed by atoms with Crippen LogP contribution in [-0.2, 0) is 14.2 Å². The monoisotopic (exact) mass is 281 g/mol. The first kappa shape index (κ1) is 14.6. The lowest BCUT2D eigenvalue weighted by atomic mass is 10.2. The van der Waals surface area contributed by atoms with Gasteiger partial charge in [-0.2, -0.15) is 0 Å². The molecular formula is C14H19NO5. The molecule has 1 aromatic rings. The van der Waals surface area contributed by atoms with Crippen molar-refractivity contribution >= 4 is 5.90 Å². The van der Waals surface area contributed by atoms with E-state index in [1.165, 1.54) is 0 Å². The van der Waals surface area contributed by atoms with Gasteiger partial charge in [0.05, 0.1) is 31.9 Å². The topological polar surface area (TPSA) is 69.5 Å². The highest BCUT2D eigenvalue weighted by atomic mass is 16.5. The van der Waals surface area contributed by atoms with Crippen molar-refractivity contribution in [1.82, 2.24) is 0 Å². The lowest BCUT2D eigenvalue weighted by Crippen LogP contribution is -2.10. The van der Waals surface area contributed by atoms with Gasteiger partial charge in [-0.05, 0) is 18.2 Å². The number of hydrogen-bond donors (Lipinski definition) is 1. The van der Waals surface area contributed by atoms with Gasteiger partial charge < -0.3 is 24.1 Å². The first-order chi connectivity index (χ1) is 9.81. The maximum Gasteiger partial charge on any atom is 0.220 e. The number of phenolic OH excluding ortho intramolecular Hbond substituents is 1. The Morgan fingerprint density at radius 3 is 2.85 bits per heavy atom. The Labute approximate surface area is 117 Å². The highest BCUT2D eigenvalue weighted by molar-refractivity contribution is 5.97. The Morgan fingerprint density at radius 2 is 2.10 bits per heavy atom. The fourth-order valence-electron chi connectivity index (χ4n) is 1.74. The van der Waals surface area contributed by atoms with Crippen LogP contribution in [0.4, 0.5) is 0 Å². The van der Waals surface area contributed by atoms with Crippen LogP contribution in [0.5, 0.6) is 11.5 Å². The molecule has 0 spiro atoms. The molecule has 20 heavy (non-hydrogen) atoms. The molecule has 6 nitrogen and oxygen atoms in total. The largest absolute Gasteiger partial charge is 0.507 e. The second kappa shape index (κ2) is 7.72. The summed E-state index contributed by atoms with van der Waals surface area (Å²) in [6.07, 6.45) is 0. The Bertz CT molecular complexity index is 461. The molecule has 2 rings (SSSR count). The molecule has 1 aliphatic rings. The van der Waals surface area contributed by atoms with E-state index in [9.17, 15) is 5.11 Å². The van der Waals surface area contributed by atoms with Gasteiger partial charge in [0.2, 0.25) is 5.90 Å².